The first-order chi connectivity index (χ1) is 10.7. The van der Waals surface area contributed by atoms with Crippen LogP contribution < -0.4 is 5.14 Å². The molecule has 0 aliphatic carbocycles. The van der Waals surface area contributed by atoms with Gasteiger partial charge in [-0.05, 0) is 27.8 Å². The summed E-state index contributed by atoms with van der Waals surface area (Å²) >= 11 is 0. The van der Waals surface area contributed by atoms with Crippen LogP contribution in [0.5, 0.6) is 0 Å². The van der Waals surface area contributed by atoms with Crippen molar-refractivity contribution in [2.45, 2.75) is 44.1 Å². The van der Waals surface area contributed by atoms with Gasteiger partial charge >= 0.3 is 12.1 Å². The maximum Gasteiger partial charge on any atom is 0.490 e. The highest BCUT2D eigenvalue weighted by Crippen LogP contribution is 2.25. The molecule has 1 heterocycles. The molecule has 1 atom stereocenters. The van der Waals surface area contributed by atoms with Crippen LogP contribution in [0.4, 0.5) is 13.2 Å². The summed E-state index contributed by atoms with van der Waals surface area (Å²) < 4.78 is 64.9. The van der Waals surface area contributed by atoms with Gasteiger partial charge in [-0.15, -0.1) is 0 Å². The summed E-state index contributed by atoms with van der Waals surface area (Å²) in [5.41, 5.74) is 0.402. The van der Waals surface area contributed by atoms with Crippen molar-refractivity contribution in [1.82, 2.24) is 14.7 Å². The van der Waals surface area contributed by atoms with E-state index >= 15 is 0 Å². The lowest BCUT2D eigenvalue weighted by atomic mass is 10.2. The Labute approximate surface area is 137 Å². The number of hydrogen-bond donors (Lipinski definition) is 1. The number of ether oxygens (including phenoxy) is 1. The number of nitrogens with zero attached hydrogens (tertiary/aromatic N) is 3. The molecule has 1 aromatic heterocycles. The normalized spacial score (nSPS) is 14.2. The predicted octanol–water partition coefficient (Wildman–Crippen LogP) is 1.17. The first-order valence-corrected chi connectivity index (χ1v) is 8.36. The molecule has 0 amide bonds. The summed E-state index contributed by atoms with van der Waals surface area (Å²) in [6.07, 6.45) is -5.08. The zero-order valence-corrected chi connectivity index (χ0v) is 14.3. The number of sulfonamides is 1. The Bertz CT molecular complexity index is 700. The van der Waals surface area contributed by atoms with E-state index in [9.17, 15) is 26.4 Å². The molecule has 0 fully saturated rings. The minimum atomic E-state index is -5.08. The zero-order chi connectivity index (χ0) is 18.9. The predicted molar refractivity (Wildman–Crippen MR) is 77.2 cm³/mol. The molecule has 1 aromatic rings. The van der Waals surface area contributed by atoms with Gasteiger partial charge in [0.1, 0.15) is 6.73 Å². The van der Waals surface area contributed by atoms with Gasteiger partial charge in [0.05, 0.1) is 11.7 Å². The number of nitrogens with two attached hydrogens (primary N) is 1. The largest absolute Gasteiger partial charge is 0.490 e. The van der Waals surface area contributed by atoms with E-state index in [0.29, 0.717) is 5.69 Å². The molecule has 0 saturated carbocycles. The molecule has 138 valence electrons. The summed E-state index contributed by atoms with van der Waals surface area (Å²) in [5, 5.41) is 8.61. The molecule has 0 aromatic carbocycles. The van der Waals surface area contributed by atoms with Crippen molar-refractivity contribution >= 4 is 16.0 Å². The molecule has 0 saturated heterocycles. The first-order valence-electron chi connectivity index (χ1n) is 6.81. The summed E-state index contributed by atoms with van der Waals surface area (Å²) in [5.74, 6) is -2.30. The van der Waals surface area contributed by atoms with Crippen LogP contribution in [-0.4, -0.2) is 49.0 Å². The lowest BCUT2D eigenvalue weighted by molar-refractivity contribution is -0.204. The molecule has 0 aliphatic heterocycles. The second kappa shape index (κ2) is 7.07. The van der Waals surface area contributed by atoms with Crippen molar-refractivity contribution in [3.05, 3.63) is 11.8 Å². The summed E-state index contributed by atoms with van der Waals surface area (Å²) in [4.78, 5) is 12.0. The first kappa shape index (κ1) is 20.4. The van der Waals surface area contributed by atoms with Gasteiger partial charge in [-0.25, -0.2) is 18.4 Å². The van der Waals surface area contributed by atoms with Gasteiger partial charge in [-0.2, -0.15) is 18.3 Å². The van der Waals surface area contributed by atoms with Crippen LogP contribution in [0, 0.1) is 0 Å². The number of aromatic nitrogens is 2. The van der Waals surface area contributed by atoms with E-state index in [1.165, 1.54) is 22.7 Å². The number of carbonyl (C=O) groups is 1. The molecule has 12 heteroatoms. The van der Waals surface area contributed by atoms with Gasteiger partial charge in [0.2, 0.25) is 0 Å². The average molecular weight is 372 g/mol. The van der Waals surface area contributed by atoms with E-state index in [1.807, 2.05) is 0 Å². The monoisotopic (exact) mass is 372 g/mol. The molecular formula is C12H19F3N4O4S. The Balaban J connectivity index is 2.99. The molecule has 0 spiro atoms. The Hall–Kier alpha value is -1.66. The van der Waals surface area contributed by atoms with Crippen LogP contribution in [0.2, 0.25) is 0 Å². The second-order valence-corrected chi connectivity index (χ2v) is 6.99. The molecule has 0 bridgehead atoms. The van der Waals surface area contributed by atoms with Crippen molar-refractivity contribution in [3.8, 4) is 0 Å². The number of primary sulfonamides is 1. The van der Waals surface area contributed by atoms with Gasteiger partial charge < -0.3 is 4.74 Å². The van der Waals surface area contributed by atoms with Crippen molar-refractivity contribution in [2.24, 2.45) is 5.14 Å². The van der Waals surface area contributed by atoms with Crippen LogP contribution >= 0.6 is 0 Å². The quantitative estimate of drug-likeness (QED) is 0.593. The Morgan fingerprint density at radius 2 is 1.96 bits per heavy atom. The molecular weight excluding hydrogens is 353 g/mol. The Morgan fingerprint density at radius 3 is 2.38 bits per heavy atom. The van der Waals surface area contributed by atoms with Gasteiger partial charge in [0.15, 0.2) is 5.03 Å². The number of hydrogen-bond acceptors (Lipinski definition) is 6. The highest BCUT2D eigenvalue weighted by atomic mass is 32.2. The minimum Gasteiger partial charge on any atom is -0.443 e. The molecule has 1 unspecified atom stereocenters. The summed E-state index contributed by atoms with van der Waals surface area (Å²) in [7, 11) is -2.61. The van der Waals surface area contributed by atoms with Crippen LogP contribution in [0.1, 0.15) is 38.5 Å². The SMILES string of the molecule is CC(c1cc(S(N)(=O)=O)nn1C(C)C)N(C)COC(=O)C(F)(F)F. The van der Waals surface area contributed by atoms with Crippen LogP contribution in [0.3, 0.4) is 0 Å². The third kappa shape index (κ3) is 4.92. The molecule has 2 N–H and O–H groups in total. The van der Waals surface area contributed by atoms with E-state index in [0.717, 1.165) is 0 Å². The maximum absolute atomic E-state index is 12.1. The van der Waals surface area contributed by atoms with E-state index in [1.54, 1.807) is 20.8 Å². The van der Waals surface area contributed by atoms with Crippen LogP contribution in [-0.2, 0) is 19.6 Å². The number of halogens is 3. The van der Waals surface area contributed by atoms with Crippen LogP contribution in [0.15, 0.2) is 11.1 Å². The molecule has 1 rings (SSSR count). The maximum atomic E-state index is 12.1. The van der Waals surface area contributed by atoms with E-state index in [4.69, 9.17) is 5.14 Å². The fourth-order valence-electron chi connectivity index (χ4n) is 1.83. The second-order valence-electron chi connectivity index (χ2n) is 5.48. The number of esters is 1. The summed E-state index contributed by atoms with van der Waals surface area (Å²) in [6.45, 7) is 4.47. The molecule has 0 radical (unpaired) electrons. The lowest BCUT2D eigenvalue weighted by Gasteiger charge is -2.25. The van der Waals surface area contributed by atoms with Crippen molar-refractivity contribution in [2.75, 3.05) is 13.8 Å². The minimum absolute atomic E-state index is 0.218. The Kier molecular flexibility index (Phi) is 6.00. The molecule has 8 nitrogen and oxygen atoms in total. The number of alkyl halides is 3. The van der Waals surface area contributed by atoms with Crippen molar-refractivity contribution < 1.29 is 31.1 Å². The fourth-order valence-corrected chi connectivity index (χ4v) is 2.32. The standard InChI is InChI=1S/C12H19F3N4O4S/c1-7(2)19-9(5-10(17-19)24(16,21)22)8(3)18(4)6-23-11(20)12(13,14)15/h5,7-8H,6H2,1-4H3,(H2,16,21,22). The van der Waals surface area contributed by atoms with E-state index in [2.05, 4.69) is 9.84 Å². The van der Waals surface area contributed by atoms with Crippen LogP contribution in [0.25, 0.3) is 0 Å². The van der Waals surface area contributed by atoms with Gasteiger partial charge in [0, 0.05) is 12.1 Å². The average Bonchev–Trinajstić information content (AvgIpc) is 2.87. The topological polar surface area (TPSA) is 108 Å². The van der Waals surface area contributed by atoms with Crippen molar-refractivity contribution in [3.63, 3.8) is 0 Å². The third-order valence-electron chi connectivity index (χ3n) is 3.24. The highest BCUT2D eigenvalue weighted by Gasteiger charge is 2.41. The number of carbonyl (C=O) groups excluding carboxylic acids is 1. The van der Waals surface area contributed by atoms with Gasteiger partial charge in [-0.1, -0.05) is 0 Å². The molecule has 24 heavy (non-hydrogen) atoms. The smallest absolute Gasteiger partial charge is 0.443 e. The van der Waals surface area contributed by atoms with Gasteiger partial charge in [-0.3, -0.25) is 9.58 Å². The lowest BCUT2D eigenvalue weighted by Crippen LogP contribution is -2.33. The van der Waals surface area contributed by atoms with E-state index in [-0.39, 0.29) is 11.1 Å². The van der Waals surface area contributed by atoms with E-state index < -0.39 is 34.9 Å². The molecule has 0 aliphatic rings. The Morgan fingerprint density at radius 1 is 1.42 bits per heavy atom. The summed E-state index contributed by atoms with van der Waals surface area (Å²) in [6, 6.07) is 0.433. The number of rotatable bonds is 6. The van der Waals surface area contributed by atoms with Gasteiger partial charge in [0.25, 0.3) is 10.0 Å². The van der Waals surface area contributed by atoms with Crippen molar-refractivity contribution in [1.29, 1.82) is 0 Å². The highest BCUT2D eigenvalue weighted by molar-refractivity contribution is 7.89. The fraction of sp³-hybridized carbons (Fsp3) is 0.667. The zero-order valence-electron chi connectivity index (χ0n) is 13.5. The third-order valence-corrected chi connectivity index (χ3v) is 4.03.